The van der Waals surface area contributed by atoms with Crippen molar-refractivity contribution in [3.05, 3.63) is 59.4 Å². The van der Waals surface area contributed by atoms with Crippen molar-refractivity contribution in [3.8, 4) is 11.5 Å². The van der Waals surface area contributed by atoms with Crippen molar-refractivity contribution in [3.63, 3.8) is 0 Å². The third kappa shape index (κ3) is 4.94. The van der Waals surface area contributed by atoms with E-state index in [1.54, 1.807) is 12.1 Å². The summed E-state index contributed by atoms with van der Waals surface area (Å²) in [5.74, 6) is -0.720. The number of amides is 2. The molecule has 132 valence electrons. The van der Waals surface area contributed by atoms with Crippen LogP contribution in [0.5, 0.6) is 11.5 Å². The van der Waals surface area contributed by atoms with Gasteiger partial charge in [0.05, 0.1) is 13.2 Å². The molecule has 2 N–H and O–H groups in total. The van der Waals surface area contributed by atoms with Crippen LogP contribution in [-0.4, -0.2) is 25.0 Å². The van der Waals surface area contributed by atoms with Gasteiger partial charge in [0, 0.05) is 11.1 Å². The van der Waals surface area contributed by atoms with Crippen LogP contribution in [0.2, 0.25) is 0 Å². The zero-order valence-electron chi connectivity index (χ0n) is 14.0. The number of hydrogen-bond donors (Lipinski definition) is 2. The molecule has 0 atom stereocenters. The summed E-state index contributed by atoms with van der Waals surface area (Å²) in [4.78, 5) is 24.1. The molecule has 2 aromatic carbocycles. The van der Waals surface area contributed by atoms with Gasteiger partial charge in [0.1, 0.15) is 5.82 Å². The van der Waals surface area contributed by atoms with E-state index in [4.69, 9.17) is 9.47 Å². The lowest BCUT2D eigenvalue weighted by atomic mass is 10.2. The smallest absolute Gasteiger partial charge is 0.269 e. The molecule has 0 heterocycles. The molecule has 2 amide bonds. The molecule has 0 saturated carbocycles. The topological polar surface area (TPSA) is 76.7 Å². The SMILES string of the molecule is CCOc1ccc(C(=O)NNC(=O)c2cccc(F)c2)cc1OCC. The van der Waals surface area contributed by atoms with Gasteiger partial charge >= 0.3 is 0 Å². The molecule has 0 spiro atoms. The van der Waals surface area contributed by atoms with E-state index in [9.17, 15) is 14.0 Å². The van der Waals surface area contributed by atoms with Crippen LogP contribution in [0, 0.1) is 5.82 Å². The Bertz CT molecular complexity index is 764. The van der Waals surface area contributed by atoms with Crippen molar-refractivity contribution in [1.82, 2.24) is 10.9 Å². The lowest BCUT2D eigenvalue weighted by molar-refractivity contribution is 0.0846. The number of benzene rings is 2. The number of ether oxygens (including phenoxy) is 2. The van der Waals surface area contributed by atoms with Crippen LogP contribution in [0.25, 0.3) is 0 Å². The Morgan fingerprint density at radius 3 is 2.08 bits per heavy atom. The van der Waals surface area contributed by atoms with Gasteiger partial charge < -0.3 is 9.47 Å². The summed E-state index contributed by atoms with van der Waals surface area (Å²) in [6.07, 6.45) is 0. The summed E-state index contributed by atoms with van der Waals surface area (Å²) in [6.45, 7) is 4.55. The third-order valence-corrected chi connectivity index (χ3v) is 3.18. The standard InChI is InChI=1S/C18H19FN2O4/c1-3-24-15-9-8-13(11-16(15)25-4-2)18(23)21-20-17(22)12-6-5-7-14(19)10-12/h5-11H,3-4H2,1-2H3,(H,20,22)(H,21,23). The zero-order chi connectivity index (χ0) is 18.2. The average Bonchev–Trinajstić information content (AvgIpc) is 2.61. The quantitative estimate of drug-likeness (QED) is 0.789. The highest BCUT2D eigenvalue weighted by atomic mass is 19.1. The van der Waals surface area contributed by atoms with Gasteiger partial charge in [-0.15, -0.1) is 0 Å². The first-order valence-corrected chi connectivity index (χ1v) is 7.81. The molecule has 0 aliphatic rings. The molecule has 2 aromatic rings. The molecule has 0 fully saturated rings. The average molecular weight is 346 g/mol. The monoisotopic (exact) mass is 346 g/mol. The molecule has 7 heteroatoms. The maximum atomic E-state index is 13.1. The number of carbonyl (C=O) groups excluding carboxylic acids is 2. The predicted octanol–water partition coefficient (Wildman–Crippen LogP) is 2.70. The van der Waals surface area contributed by atoms with Crippen molar-refractivity contribution in [2.75, 3.05) is 13.2 Å². The molecule has 0 bridgehead atoms. The van der Waals surface area contributed by atoms with Crippen molar-refractivity contribution in [1.29, 1.82) is 0 Å². The largest absolute Gasteiger partial charge is 0.490 e. The molecule has 25 heavy (non-hydrogen) atoms. The molecule has 0 saturated heterocycles. The fourth-order valence-corrected chi connectivity index (χ4v) is 2.08. The van der Waals surface area contributed by atoms with Crippen LogP contribution in [0.1, 0.15) is 34.6 Å². The number of hydrazine groups is 1. The van der Waals surface area contributed by atoms with E-state index in [0.29, 0.717) is 24.7 Å². The molecule has 0 aromatic heterocycles. The van der Waals surface area contributed by atoms with Gasteiger partial charge in [-0.1, -0.05) is 6.07 Å². The summed E-state index contributed by atoms with van der Waals surface area (Å²) in [6, 6.07) is 9.85. The lowest BCUT2D eigenvalue weighted by Gasteiger charge is -2.13. The number of hydrogen-bond acceptors (Lipinski definition) is 4. The van der Waals surface area contributed by atoms with Crippen LogP contribution in [-0.2, 0) is 0 Å². The summed E-state index contributed by atoms with van der Waals surface area (Å²) in [5.41, 5.74) is 4.90. The number of halogens is 1. The van der Waals surface area contributed by atoms with E-state index in [-0.39, 0.29) is 11.1 Å². The molecular weight excluding hydrogens is 327 g/mol. The van der Waals surface area contributed by atoms with Crippen LogP contribution in [0.3, 0.4) is 0 Å². The van der Waals surface area contributed by atoms with Gasteiger partial charge in [-0.3, -0.25) is 20.4 Å². The Morgan fingerprint density at radius 2 is 1.48 bits per heavy atom. The molecule has 0 unspecified atom stereocenters. The van der Waals surface area contributed by atoms with E-state index >= 15 is 0 Å². The van der Waals surface area contributed by atoms with Gasteiger partial charge in [0.2, 0.25) is 0 Å². The Balaban J connectivity index is 2.05. The third-order valence-electron chi connectivity index (χ3n) is 3.18. The van der Waals surface area contributed by atoms with E-state index in [1.165, 1.54) is 24.3 Å². The normalized spacial score (nSPS) is 10.0. The minimum absolute atomic E-state index is 0.0991. The van der Waals surface area contributed by atoms with E-state index in [1.807, 2.05) is 13.8 Å². The first kappa shape index (κ1) is 18.3. The van der Waals surface area contributed by atoms with Crippen LogP contribution in [0.15, 0.2) is 42.5 Å². The van der Waals surface area contributed by atoms with E-state index in [0.717, 1.165) is 6.07 Å². The van der Waals surface area contributed by atoms with Gasteiger partial charge in [-0.25, -0.2) is 4.39 Å². The van der Waals surface area contributed by atoms with Crippen molar-refractivity contribution in [2.45, 2.75) is 13.8 Å². The maximum Gasteiger partial charge on any atom is 0.269 e. The highest BCUT2D eigenvalue weighted by molar-refractivity contribution is 5.99. The molecule has 6 nitrogen and oxygen atoms in total. The molecule has 0 radical (unpaired) electrons. The predicted molar refractivity (Wildman–Crippen MR) is 90.1 cm³/mol. The Labute approximate surface area is 144 Å². The zero-order valence-corrected chi connectivity index (χ0v) is 14.0. The Morgan fingerprint density at radius 1 is 0.880 bits per heavy atom. The summed E-state index contributed by atoms with van der Waals surface area (Å²) >= 11 is 0. The first-order chi connectivity index (χ1) is 12.0. The maximum absolute atomic E-state index is 13.1. The number of rotatable bonds is 6. The number of carbonyl (C=O) groups is 2. The second-order valence-corrected chi connectivity index (χ2v) is 4.95. The highest BCUT2D eigenvalue weighted by Crippen LogP contribution is 2.28. The second kappa shape index (κ2) is 8.68. The molecule has 2 rings (SSSR count). The van der Waals surface area contributed by atoms with Gasteiger partial charge in [-0.2, -0.15) is 0 Å². The van der Waals surface area contributed by atoms with Crippen LogP contribution in [0.4, 0.5) is 4.39 Å². The molecule has 0 aliphatic heterocycles. The van der Waals surface area contributed by atoms with E-state index < -0.39 is 17.6 Å². The fourth-order valence-electron chi connectivity index (χ4n) is 2.08. The minimum Gasteiger partial charge on any atom is -0.490 e. The summed E-state index contributed by atoms with van der Waals surface area (Å²) in [5, 5.41) is 0. The summed E-state index contributed by atoms with van der Waals surface area (Å²) < 4.78 is 24.0. The lowest BCUT2D eigenvalue weighted by Crippen LogP contribution is -2.41. The van der Waals surface area contributed by atoms with Crippen LogP contribution < -0.4 is 20.3 Å². The number of nitrogens with one attached hydrogen (secondary N) is 2. The molecular formula is C18H19FN2O4. The highest BCUT2D eigenvalue weighted by Gasteiger charge is 2.13. The van der Waals surface area contributed by atoms with E-state index in [2.05, 4.69) is 10.9 Å². The molecule has 0 aliphatic carbocycles. The first-order valence-electron chi connectivity index (χ1n) is 7.81. The van der Waals surface area contributed by atoms with Gasteiger partial charge in [0.25, 0.3) is 11.8 Å². The second-order valence-electron chi connectivity index (χ2n) is 4.95. The van der Waals surface area contributed by atoms with Crippen molar-refractivity contribution in [2.24, 2.45) is 0 Å². The fraction of sp³-hybridized carbons (Fsp3) is 0.222. The van der Waals surface area contributed by atoms with Crippen molar-refractivity contribution < 1.29 is 23.5 Å². The Hall–Kier alpha value is -3.09. The Kier molecular flexibility index (Phi) is 6.33. The van der Waals surface area contributed by atoms with Crippen molar-refractivity contribution >= 4 is 11.8 Å². The van der Waals surface area contributed by atoms with Gasteiger partial charge in [0.15, 0.2) is 11.5 Å². The minimum atomic E-state index is -0.621. The summed E-state index contributed by atoms with van der Waals surface area (Å²) in [7, 11) is 0. The van der Waals surface area contributed by atoms with Gasteiger partial charge in [-0.05, 0) is 50.2 Å². The van der Waals surface area contributed by atoms with Crippen LogP contribution >= 0.6 is 0 Å².